The summed E-state index contributed by atoms with van der Waals surface area (Å²) in [7, 11) is -0.647. The lowest BCUT2D eigenvalue weighted by atomic mass is 9.85. The van der Waals surface area contributed by atoms with Crippen molar-refractivity contribution in [3.63, 3.8) is 0 Å². The molecule has 0 saturated carbocycles. The van der Waals surface area contributed by atoms with Crippen LogP contribution in [0.1, 0.15) is 24.8 Å². The minimum absolute atomic E-state index is 0.0302. The first kappa shape index (κ1) is 23.7. The molecule has 1 aliphatic rings. The van der Waals surface area contributed by atoms with E-state index in [2.05, 4.69) is 0 Å². The van der Waals surface area contributed by atoms with Crippen LogP contribution in [-0.4, -0.2) is 48.0 Å². The fourth-order valence-corrected chi connectivity index (χ4v) is 4.97. The summed E-state index contributed by atoms with van der Waals surface area (Å²) in [5.74, 6) is -0.644. The van der Waals surface area contributed by atoms with Gasteiger partial charge in [-0.1, -0.05) is 23.7 Å². The Morgan fingerprint density at radius 1 is 1.30 bits per heavy atom. The number of aliphatic hydroxyl groups is 1. The molecule has 2 aromatic carbocycles. The Bertz CT molecular complexity index is 1260. The predicted molar refractivity (Wildman–Crippen MR) is 125 cm³/mol. The SMILES string of the molecule is CCO[P+](=O)Oc1cc(O)c2c(=O)cc(-c3ccccc3Cl)oc2c1[C@H]1CCN(C)C[C@H]1O. The Kier molecular flexibility index (Phi) is 7.02. The molecular formula is C23H24ClNO7P+. The van der Waals surface area contributed by atoms with Gasteiger partial charge in [-0.3, -0.25) is 4.79 Å². The highest BCUT2D eigenvalue weighted by molar-refractivity contribution is 7.33. The van der Waals surface area contributed by atoms with Crippen molar-refractivity contribution in [3.05, 3.63) is 57.2 Å². The summed E-state index contributed by atoms with van der Waals surface area (Å²) in [6.07, 6.45) is -0.280. The average molecular weight is 493 g/mol. The number of benzene rings is 2. The average Bonchev–Trinajstić information content (AvgIpc) is 2.75. The second-order valence-electron chi connectivity index (χ2n) is 7.92. The van der Waals surface area contributed by atoms with E-state index < -0.39 is 25.7 Å². The fraction of sp³-hybridized carbons (Fsp3) is 0.348. The smallest absolute Gasteiger partial charge is 0.507 e. The molecule has 4 rings (SSSR count). The lowest BCUT2D eigenvalue weighted by molar-refractivity contribution is 0.0633. The molecule has 1 fully saturated rings. The molecule has 174 valence electrons. The van der Waals surface area contributed by atoms with Gasteiger partial charge in [0.05, 0.1) is 11.1 Å². The summed E-state index contributed by atoms with van der Waals surface area (Å²) in [4.78, 5) is 15.0. The number of fused-ring (bicyclic) bond motifs is 1. The van der Waals surface area contributed by atoms with E-state index in [1.807, 2.05) is 11.9 Å². The zero-order chi connectivity index (χ0) is 23.7. The highest BCUT2D eigenvalue weighted by Crippen LogP contribution is 2.45. The molecule has 0 amide bonds. The molecule has 3 aromatic rings. The van der Waals surface area contributed by atoms with E-state index in [4.69, 9.17) is 25.1 Å². The van der Waals surface area contributed by atoms with E-state index >= 15 is 0 Å². The van der Waals surface area contributed by atoms with Crippen LogP contribution >= 0.6 is 19.9 Å². The van der Waals surface area contributed by atoms with Gasteiger partial charge in [0.1, 0.15) is 29.1 Å². The first-order valence-corrected chi connectivity index (χ1v) is 12.0. The molecule has 0 spiro atoms. The van der Waals surface area contributed by atoms with E-state index in [9.17, 15) is 19.6 Å². The summed E-state index contributed by atoms with van der Waals surface area (Å²) >= 11 is 6.32. The largest absolute Gasteiger partial charge is 0.750 e. The number of likely N-dealkylation sites (tertiary alicyclic amines) is 1. The number of hydrogen-bond acceptors (Lipinski definition) is 8. The summed E-state index contributed by atoms with van der Waals surface area (Å²) < 4.78 is 29.0. The van der Waals surface area contributed by atoms with Crippen molar-refractivity contribution < 1.29 is 28.2 Å². The predicted octanol–water partition coefficient (Wildman–Crippen LogP) is 4.67. The van der Waals surface area contributed by atoms with Crippen LogP contribution in [-0.2, 0) is 9.09 Å². The van der Waals surface area contributed by atoms with Crippen molar-refractivity contribution in [1.82, 2.24) is 4.90 Å². The number of halogens is 1. The van der Waals surface area contributed by atoms with Gasteiger partial charge in [-0.05, 0) is 39.1 Å². The first-order valence-electron chi connectivity index (χ1n) is 10.5. The van der Waals surface area contributed by atoms with Crippen molar-refractivity contribution in [3.8, 4) is 22.8 Å². The molecule has 3 atom stereocenters. The van der Waals surface area contributed by atoms with Crippen LogP contribution in [0, 0.1) is 0 Å². The van der Waals surface area contributed by atoms with E-state index in [0.29, 0.717) is 35.7 Å². The van der Waals surface area contributed by atoms with Gasteiger partial charge >= 0.3 is 8.25 Å². The lowest BCUT2D eigenvalue weighted by Gasteiger charge is -2.34. The van der Waals surface area contributed by atoms with Crippen LogP contribution in [0.15, 0.2) is 45.6 Å². The number of hydrogen-bond donors (Lipinski definition) is 2. The molecule has 2 heterocycles. The van der Waals surface area contributed by atoms with Crippen LogP contribution in [0.5, 0.6) is 11.5 Å². The van der Waals surface area contributed by atoms with Gasteiger partial charge in [-0.25, -0.2) is 4.52 Å². The molecule has 0 bridgehead atoms. The molecule has 1 unspecified atom stereocenters. The Morgan fingerprint density at radius 3 is 2.76 bits per heavy atom. The third-order valence-corrected chi connectivity index (χ3v) is 6.83. The Labute approximate surface area is 196 Å². The highest BCUT2D eigenvalue weighted by Gasteiger charge is 2.36. The number of rotatable bonds is 6. The Hall–Kier alpha value is -2.48. The Balaban J connectivity index is 2.00. The van der Waals surface area contributed by atoms with Crippen LogP contribution in [0.4, 0.5) is 0 Å². The lowest BCUT2D eigenvalue weighted by Crippen LogP contribution is -2.40. The zero-order valence-electron chi connectivity index (χ0n) is 18.2. The number of phenolic OH excluding ortho intramolecular Hbond substituents is 1. The van der Waals surface area contributed by atoms with E-state index in [1.54, 1.807) is 31.2 Å². The maximum Gasteiger partial charge on any atom is 0.750 e. The van der Waals surface area contributed by atoms with Gasteiger partial charge in [-0.15, -0.1) is 4.52 Å². The van der Waals surface area contributed by atoms with Gasteiger partial charge in [0.25, 0.3) is 0 Å². The summed E-state index contributed by atoms with van der Waals surface area (Å²) in [6.45, 7) is 2.89. The van der Waals surface area contributed by atoms with E-state index in [-0.39, 0.29) is 34.8 Å². The van der Waals surface area contributed by atoms with Gasteiger partial charge in [0.2, 0.25) is 5.75 Å². The maximum absolute atomic E-state index is 13.1. The normalized spacial score (nSPS) is 19.6. The van der Waals surface area contributed by atoms with Crippen molar-refractivity contribution >= 4 is 30.8 Å². The van der Waals surface area contributed by atoms with E-state index in [0.717, 1.165) is 0 Å². The van der Waals surface area contributed by atoms with Crippen LogP contribution < -0.4 is 9.95 Å². The number of likely N-dealkylation sites (N-methyl/N-ethyl adjacent to an activating group) is 1. The molecule has 8 nitrogen and oxygen atoms in total. The van der Waals surface area contributed by atoms with Crippen molar-refractivity contribution in [1.29, 1.82) is 0 Å². The summed E-state index contributed by atoms with van der Waals surface area (Å²) in [5, 5.41) is 21.9. The van der Waals surface area contributed by atoms with Crippen molar-refractivity contribution in [2.24, 2.45) is 0 Å². The Morgan fingerprint density at radius 2 is 2.06 bits per heavy atom. The molecule has 0 radical (unpaired) electrons. The van der Waals surface area contributed by atoms with Crippen molar-refractivity contribution in [2.45, 2.75) is 25.4 Å². The van der Waals surface area contributed by atoms with Gasteiger partial charge < -0.3 is 19.5 Å². The summed E-state index contributed by atoms with van der Waals surface area (Å²) in [5.41, 5.74) is 0.436. The van der Waals surface area contributed by atoms with Crippen LogP contribution in [0.25, 0.3) is 22.3 Å². The monoisotopic (exact) mass is 492 g/mol. The molecule has 1 saturated heterocycles. The minimum Gasteiger partial charge on any atom is -0.507 e. The topological polar surface area (TPSA) is 109 Å². The molecule has 33 heavy (non-hydrogen) atoms. The van der Waals surface area contributed by atoms with Crippen molar-refractivity contribution in [2.75, 3.05) is 26.7 Å². The number of aromatic hydroxyl groups is 1. The fourth-order valence-electron chi connectivity index (χ4n) is 4.17. The molecule has 1 aromatic heterocycles. The second kappa shape index (κ2) is 9.79. The minimum atomic E-state index is -2.54. The zero-order valence-corrected chi connectivity index (χ0v) is 19.8. The molecule has 0 aliphatic carbocycles. The molecule has 1 aliphatic heterocycles. The van der Waals surface area contributed by atoms with Gasteiger partial charge in [-0.2, -0.15) is 0 Å². The number of piperidine rings is 1. The summed E-state index contributed by atoms with van der Waals surface area (Å²) in [6, 6.07) is 9.39. The third-order valence-electron chi connectivity index (χ3n) is 5.68. The quantitative estimate of drug-likeness (QED) is 0.478. The number of nitrogens with zero attached hydrogens (tertiary/aromatic N) is 1. The highest BCUT2D eigenvalue weighted by atomic mass is 35.5. The number of phenols is 1. The maximum atomic E-state index is 13.1. The molecule has 2 N–H and O–H groups in total. The number of β-amino-alcohol motifs (C(OH)–C–C–N with tert-alkyl or cyclic N) is 1. The standard InChI is InChI=1S/C23H23ClNO7P/c1-3-30-33(29)32-20-11-17(27)22-16(26)10-19(13-6-4-5-7-15(13)24)31-23(22)21(20)14-8-9-25(2)12-18(14)28/h4-7,10-11,14,18,28H,3,8-9,12H2,1-2H3/p+1/t14-,18+/m0/s1. The van der Waals surface area contributed by atoms with Gasteiger partial charge in [0, 0.05) is 40.3 Å². The number of aliphatic hydroxyl groups excluding tert-OH is 1. The molecular weight excluding hydrogens is 469 g/mol. The van der Waals surface area contributed by atoms with E-state index in [1.165, 1.54) is 12.1 Å². The van der Waals surface area contributed by atoms with Gasteiger partial charge in [0.15, 0.2) is 5.43 Å². The third kappa shape index (κ3) is 4.76. The van der Waals surface area contributed by atoms with Crippen LogP contribution in [0.3, 0.4) is 0 Å². The first-order chi connectivity index (χ1) is 15.8. The molecule has 10 heteroatoms. The van der Waals surface area contributed by atoms with Crippen LogP contribution in [0.2, 0.25) is 5.02 Å². The second-order valence-corrected chi connectivity index (χ2v) is 9.22.